The zero-order valence-corrected chi connectivity index (χ0v) is 14.0. The quantitative estimate of drug-likeness (QED) is 0.907. The molecule has 0 bridgehead atoms. The van der Waals surface area contributed by atoms with Gasteiger partial charge in [0.25, 0.3) is 5.91 Å². The molecular weight excluding hydrogens is 325 g/mol. The topological polar surface area (TPSA) is 94.1 Å². The van der Waals surface area contributed by atoms with Crippen molar-refractivity contribution in [3.8, 4) is 5.69 Å². The molecule has 25 heavy (non-hydrogen) atoms. The molecule has 132 valence electrons. The van der Waals surface area contributed by atoms with Gasteiger partial charge in [-0.1, -0.05) is 5.21 Å². The number of piperidine rings is 1. The van der Waals surface area contributed by atoms with E-state index in [1.54, 1.807) is 24.0 Å². The summed E-state index contributed by atoms with van der Waals surface area (Å²) in [4.78, 5) is 25.4. The van der Waals surface area contributed by atoms with Gasteiger partial charge >= 0.3 is 0 Å². The molecule has 2 heterocycles. The van der Waals surface area contributed by atoms with E-state index in [4.69, 9.17) is 5.73 Å². The van der Waals surface area contributed by atoms with Crippen LogP contribution in [0.4, 0.5) is 4.39 Å². The molecule has 3 rings (SSSR count). The number of primary amides is 1. The van der Waals surface area contributed by atoms with Crippen molar-refractivity contribution < 1.29 is 14.0 Å². The minimum atomic E-state index is -0.336. The summed E-state index contributed by atoms with van der Waals surface area (Å²) in [5.74, 6) is -0.583. The number of hydrogen-bond donors (Lipinski definition) is 1. The third-order valence-electron chi connectivity index (χ3n) is 4.56. The molecule has 1 fully saturated rings. The maximum atomic E-state index is 13.1. The number of nitrogens with zero attached hydrogens (tertiary/aromatic N) is 4. The smallest absolute Gasteiger partial charge is 0.276 e. The first-order chi connectivity index (χ1) is 12.0. The Morgan fingerprint density at radius 2 is 1.88 bits per heavy atom. The van der Waals surface area contributed by atoms with Gasteiger partial charge in [0.15, 0.2) is 5.69 Å². The number of amides is 2. The van der Waals surface area contributed by atoms with Gasteiger partial charge in [-0.15, -0.1) is 5.10 Å². The number of likely N-dealkylation sites (tertiary alicyclic amines) is 1. The van der Waals surface area contributed by atoms with Gasteiger partial charge in [-0.05, 0) is 49.9 Å². The average Bonchev–Trinajstić information content (AvgIpc) is 2.97. The van der Waals surface area contributed by atoms with Crippen molar-refractivity contribution in [1.82, 2.24) is 19.9 Å². The van der Waals surface area contributed by atoms with Gasteiger partial charge < -0.3 is 10.6 Å². The van der Waals surface area contributed by atoms with Crippen molar-refractivity contribution >= 4 is 11.8 Å². The Bertz CT molecular complexity index is 779. The first-order valence-electron chi connectivity index (χ1n) is 8.21. The van der Waals surface area contributed by atoms with Gasteiger partial charge in [0.2, 0.25) is 5.91 Å². The first-order valence-corrected chi connectivity index (χ1v) is 8.21. The Morgan fingerprint density at radius 1 is 1.24 bits per heavy atom. The van der Waals surface area contributed by atoms with Crippen LogP contribution in [-0.2, 0) is 4.79 Å². The van der Waals surface area contributed by atoms with Crippen molar-refractivity contribution in [3.05, 3.63) is 41.5 Å². The van der Waals surface area contributed by atoms with Crippen molar-refractivity contribution in [1.29, 1.82) is 0 Å². The Labute approximate surface area is 144 Å². The molecule has 0 spiro atoms. The number of halogens is 1. The van der Waals surface area contributed by atoms with Crippen LogP contribution in [0.1, 0.15) is 35.4 Å². The predicted octanol–water partition coefficient (Wildman–Crippen LogP) is 1.44. The minimum absolute atomic E-state index is 0.177. The zero-order valence-electron chi connectivity index (χ0n) is 14.0. The van der Waals surface area contributed by atoms with Crippen molar-refractivity contribution in [2.24, 2.45) is 11.7 Å². The second-order valence-corrected chi connectivity index (χ2v) is 6.32. The van der Waals surface area contributed by atoms with Gasteiger partial charge in [-0.2, -0.15) is 0 Å². The van der Waals surface area contributed by atoms with E-state index in [1.165, 1.54) is 16.8 Å². The maximum Gasteiger partial charge on any atom is 0.276 e. The lowest BCUT2D eigenvalue weighted by atomic mass is 9.93. The van der Waals surface area contributed by atoms with Crippen LogP contribution in [0.3, 0.4) is 0 Å². The fraction of sp³-hybridized carbons (Fsp3) is 0.412. The number of hydrogen-bond acceptors (Lipinski definition) is 4. The molecule has 1 aromatic carbocycles. The summed E-state index contributed by atoms with van der Waals surface area (Å²) < 4.78 is 14.6. The molecule has 0 atom stereocenters. The second-order valence-electron chi connectivity index (χ2n) is 6.32. The van der Waals surface area contributed by atoms with Crippen LogP contribution in [0.2, 0.25) is 0 Å². The summed E-state index contributed by atoms with van der Waals surface area (Å²) in [6, 6.07) is 5.84. The highest BCUT2D eigenvalue weighted by Crippen LogP contribution is 2.22. The molecule has 7 nitrogen and oxygen atoms in total. The number of aromatic nitrogens is 3. The predicted molar refractivity (Wildman–Crippen MR) is 88.5 cm³/mol. The van der Waals surface area contributed by atoms with E-state index in [0.29, 0.717) is 30.9 Å². The number of rotatable bonds is 4. The number of benzene rings is 1. The highest BCUT2D eigenvalue weighted by atomic mass is 19.1. The van der Waals surface area contributed by atoms with E-state index in [-0.39, 0.29) is 29.2 Å². The number of nitrogens with two attached hydrogens (primary N) is 1. The Hall–Kier alpha value is -2.77. The van der Waals surface area contributed by atoms with Crippen LogP contribution < -0.4 is 5.73 Å². The van der Waals surface area contributed by atoms with Gasteiger partial charge in [0, 0.05) is 19.5 Å². The third-order valence-corrected chi connectivity index (χ3v) is 4.56. The molecule has 8 heteroatoms. The lowest BCUT2D eigenvalue weighted by molar-refractivity contribution is -0.119. The summed E-state index contributed by atoms with van der Waals surface area (Å²) in [6.45, 7) is 2.90. The monoisotopic (exact) mass is 345 g/mol. The Kier molecular flexibility index (Phi) is 4.78. The van der Waals surface area contributed by atoms with E-state index < -0.39 is 0 Å². The third kappa shape index (κ3) is 3.67. The lowest BCUT2D eigenvalue weighted by Crippen LogP contribution is -2.39. The molecule has 2 aromatic rings. The lowest BCUT2D eigenvalue weighted by Gasteiger charge is -2.31. The molecule has 2 amide bonds. The molecule has 1 aromatic heterocycles. The van der Waals surface area contributed by atoms with Crippen LogP contribution in [-0.4, -0.2) is 44.8 Å². The zero-order chi connectivity index (χ0) is 18.0. The highest BCUT2D eigenvalue weighted by Gasteiger charge is 2.27. The first kappa shape index (κ1) is 17.1. The van der Waals surface area contributed by atoms with Crippen LogP contribution in [0.5, 0.6) is 0 Å². The van der Waals surface area contributed by atoms with Crippen LogP contribution in [0, 0.1) is 18.7 Å². The standard InChI is InChI=1S/C17H20FN5O2/c1-11-16(20-21-23(11)14-4-2-13(18)3-5-14)17(25)22-8-6-12(7-9-22)10-15(19)24/h2-5,12H,6-10H2,1H3,(H2,19,24). The van der Waals surface area contributed by atoms with E-state index in [1.807, 2.05) is 0 Å². The largest absolute Gasteiger partial charge is 0.370 e. The normalized spacial score (nSPS) is 15.4. The van der Waals surface area contributed by atoms with Gasteiger partial charge in [-0.25, -0.2) is 9.07 Å². The Balaban J connectivity index is 1.71. The molecule has 1 aliphatic rings. The van der Waals surface area contributed by atoms with Gasteiger partial charge in [0.05, 0.1) is 11.4 Å². The summed E-state index contributed by atoms with van der Waals surface area (Å²) in [7, 11) is 0. The van der Waals surface area contributed by atoms with Crippen LogP contribution in [0.25, 0.3) is 5.69 Å². The van der Waals surface area contributed by atoms with Crippen molar-refractivity contribution in [3.63, 3.8) is 0 Å². The van der Waals surface area contributed by atoms with E-state index in [0.717, 1.165) is 12.8 Å². The minimum Gasteiger partial charge on any atom is -0.370 e. The fourth-order valence-electron chi connectivity index (χ4n) is 3.13. The van der Waals surface area contributed by atoms with Gasteiger partial charge in [0.1, 0.15) is 5.82 Å². The second kappa shape index (κ2) is 7.00. The fourth-order valence-corrected chi connectivity index (χ4v) is 3.13. The van der Waals surface area contributed by atoms with E-state index >= 15 is 0 Å². The van der Waals surface area contributed by atoms with Crippen molar-refractivity contribution in [2.45, 2.75) is 26.2 Å². The molecular formula is C17H20FN5O2. The summed E-state index contributed by atoms with van der Waals surface area (Å²) in [6.07, 6.45) is 1.86. The van der Waals surface area contributed by atoms with Crippen LogP contribution in [0.15, 0.2) is 24.3 Å². The SMILES string of the molecule is Cc1c(C(=O)N2CCC(CC(N)=O)CC2)nnn1-c1ccc(F)cc1. The van der Waals surface area contributed by atoms with Crippen molar-refractivity contribution in [2.75, 3.05) is 13.1 Å². The van der Waals surface area contributed by atoms with Gasteiger partial charge in [-0.3, -0.25) is 9.59 Å². The average molecular weight is 345 g/mol. The molecule has 0 aliphatic carbocycles. The Morgan fingerprint density at radius 3 is 2.48 bits per heavy atom. The molecule has 2 N–H and O–H groups in total. The maximum absolute atomic E-state index is 13.1. The molecule has 0 unspecified atom stereocenters. The van der Waals surface area contributed by atoms with Crippen LogP contribution >= 0.6 is 0 Å². The molecule has 1 saturated heterocycles. The highest BCUT2D eigenvalue weighted by molar-refractivity contribution is 5.93. The van der Waals surface area contributed by atoms with E-state index in [2.05, 4.69) is 10.3 Å². The molecule has 0 radical (unpaired) electrons. The van der Waals surface area contributed by atoms with E-state index in [9.17, 15) is 14.0 Å². The summed E-state index contributed by atoms with van der Waals surface area (Å²) in [5.41, 5.74) is 6.77. The number of carbonyl (C=O) groups is 2. The molecule has 0 saturated carbocycles. The summed E-state index contributed by atoms with van der Waals surface area (Å²) >= 11 is 0. The molecule has 1 aliphatic heterocycles. The number of carbonyl (C=O) groups excluding carboxylic acids is 2. The summed E-state index contributed by atoms with van der Waals surface area (Å²) in [5, 5.41) is 8.03.